The molecule has 3 N–H and O–H groups in total. The van der Waals surface area contributed by atoms with Gasteiger partial charge in [0.25, 0.3) is 6.43 Å². The molecule has 13 heteroatoms. The number of carbonyl (C=O) groups excluding carboxylic acids is 1. The van der Waals surface area contributed by atoms with Crippen molar-refractivity contribution in [3.8, 4) is 0 Å². The van der Waals surface area contributed by atoms with Gasteiger partial charge in [-0.3, -0.25) is 14.8 Å². The largest absolute Gasteiger partial charge is 0.353 e. The molecule has 36 heavy (non-hydrogen) atoms. The molecule has 2 aromatic heterocycles. The van der Waals surface area contributed by atoms with Gasteiger partial charge >= 0.3 is 0 Å². The highest BCUT2D eigenvalue weighted by Gasteiger charge is 2.30. The van der Waals surface area contributed by atoms with Crippen molar-refractivity contribution in [1.29, 1.82) is 0 Å². The molecule has 0 spiro atoms. The second kappa shape index (κ2) is 9.72. The summed E-state index contributed by atoms with van der Waals surface area (Å²) in [6.07, 6.45) is -0.677. The highest BCUT2D eigenvalue weighted by atomic mass is 32.2. The molecule has 1 unspecified atom stereocenters. The average Bonchev–Trinajstić information content (AvgIpc) is 3.57. The second-order valence-corrected chi connectivity index (χ2v) is 10.6. The van der Waals surface area contributed by atoms with Crippen LogP contribution in [0, 0.1) is 5.92 Å². The number of amides is 1. The average molecular weight is 518 g/mol. The Labute approximate surface area is 206 Å². The van der Waals surface area contributed by atoms with Gasteiger partial charge in [-0.15, -0.1) is 0 Å². The molecule has 1 saturated carbocycles. The molecule has 3 aromatic rings. The zero-order valence-electron chi connectivity index (χ0n) is 19.8. The van der Waals surface area contributed by atoms with Gasteiger partial charge in [-0.1, -0.05) is 6.07 Å². The first kappa shape index (κ1) is 25.4. The maximum Gasteiger partial charge on any atom is 0.295 e. The van der Waals surface area contributed by atoms with Crippen molar-refractivity contribution >= 4 is 56.5 Å². The van der Waals surface area contributed by atoms with E-state index in [-0.39, 0.29) is 45.1 Å². The number of halogens is 2. The highest BCUT2D eigenvalue weighted by molar-refractivity contribution is 7.90. The van der Waals surface area contributed by atoms with Crippen LogP contribution in [0.1, 0.15) is 44.5 Å². The number of aromatic nitrogens is 3. The molecule has 2 heterocycles. The van der Waals surface area contributed by atoms with Crippen LogP contribution in [0.4, 0.5) is 26.0 Å². The van der Waals surface area contributed by atoms with E-state index in [2.05, 4.69) is 42.3 Å². The lowest BCUT2D eigenvalue weighted by atomic mass is 10.1. The number of anilines is 3. The number of benzene rings is 1. The van der Waals surface area contributed by atoms with E-state index in [0.717, 1.165) is 19.1 Å². The van der Waals surface area contributed by atoms with Gasteiger partial charge < -0.3 is 15.6 Å². The minimum absolute atomic E-state index is 0.0316. The Hall–Kier alpha value is -3.74. The number of nitrogens with zero attached hydrogens (tertiary/aromatic N) is 4. The Morgan fingerprint density at radius 3 is 2.56 bits per heavy atom. The molecule has 0 radical (unpaired) electrons. The summed E-state index contributed by atoms with van der Waals surface area (Å²) >= 11 is 0. The van der Waals surface area contributed by atoms with Crippen LogP contribution < -0.4 is 10.6 Å². The van der Waals surface area contributed by atoms with E-state index in [1.54, 1.807) is 26.0 Å². The standard InChI is InChI=1S/C23H25F2N7O3S/c1-11(27-12(2)26-3)14-7-8-15(17(9-14)36(4,34)35)28-16-10-18(30-23(33)13-5-6-13)29-21-19(16)31-22(32-21)20(24)25/h7-10,12-13,20H,3,5-6H2,1-2,4H3,(H3,28,29,30,31,32,33). The van der Waals surface area contributed by atoms with Crippen LogP contribution >= 0.6 is 0 Å². The first-order valence-electron chi connectivity index (χ1n) is 11.1. The summed E-state index contributed by atoms with van der Waals surface area (Å²) in [5.74, 6) is -0.818. The number of sulfone groups is 1. The van der Waals surface area contributed by atoms with Crippen LogP contribution in [0.3, 0.4) is 0 Å². The fraction of sp³-hybridized carbons (Fsp3) is 0.348. The smallest absolute Gasteiger partial charge is 0.295 e. The van der Waals surface area contributed by atoms with Crippen LogP contribution in [0.15, 0.2) is 39.1 Å². The van der Waals surface area contributed by atoms with Gasteiger partial charge in [-0.2, -0.15) is 0 Å². The Morgan fingerprint density at radius 2 is 1.94 bits per heavy atom. The van der Waals surface area contributed by atoms with Crippen LogP contribution in [0.2, 0.25) is 0 Å². The van der Waals surface area contributed by atoms with Crippen molar-refractivity contribution in [3.63, 3.8) is 0 Å². The van der Waals surface area contributed by atoms with Crippen molar-refractivity contribution < 1.29 is 22.0 Å². The molecule has 1 fully saturated rings. The fourth-order valence-electron chi connectivity index (χ4n) is 3.54. The van der Waals surface area contributed by atoms with Crippen molar-refractivity contribution in [2.75, 3.05) is 16.9 Å². The number of rotatable bonds is 9. The molecule has 1 aliphatic carbocycles. The SMILES string of the molecule is C=NC(C)N=C(C)c1ccc(Nc2cc(NC(=O)C3CC3)nc3nc(C(F)F)[nH]c23)c(S(C)(=O)=O)c1. The zero-order chi connectivity index (χ0) is 26.2. The molecule has 0 aliphatic heterocycles. The highest BCUT2D eigenvalue weighted by Crippen LogP contribution is 2.34. The fourth-order valence-corrected chi connectivity index (χ4v) is 4.40. The van der Waals surface area contributed by atoms with E-state index in [9.17, 15) is 22.0 Å². The summed E-state index contributed by atoms with van der Waals surface area (Å²) in [5, 5.41) is 5.67. The van der Waals surface area contributed by atoms with Gasteiger partial charge in [0.2, 0.25) is 5.91 Å². The van der Waals surface area contributed by atoms with Crippen molar-refractivity contribution in [2.24, 2.45) is 15.9 Å². The van der Waals surface area contributed by atoms with Crippen molar-refractivity contribution in [2.45, 2.75) is 44.2 Å². The van der Waals surface area contributed by atoms with Crippen LogP contribution in [-0.2, 0) is 14.6 Å². The molecular weight excluding hydrogens is 492 g/mol. The van der Waals surface area contributed by atoms with E-state index in [4.69, 9.17) is 0 Å². The Bertz CT molecular complexity index is 1480. The second-order valence-electron chi connectivity index (χ2n) is 8.58. The van der Waals surface area contributed by atoms with Crippen LogP contribution in [0.25, 0.3) is 11.2 Å². The summed E-state index contributed by atoms with van der Waals surface area (Å²) in [5.41, 5.74) is 1.64. The topological polar surface area (TPSA) is 142 Å². The zero-order valence-corrected chi connectivity index (χ0v) is 20.7. The molecule has 1 aromatic carbocycles. The first-order valence-corrected chi connectivity index (χ1v) is 13.0. The quantitative estimate of drug-likeness (QED) is 0.362. The van der Waals surface area contributed by atoms with E-state index < -0.39 is 28.3 Å². The molecule has 1 amide bonds. The minimum atomic E-state index is -3.72. The molecule has 190 valence electrons. The third kappa shape index (κ3) is 5.56. The summed E-state index contributed by atoms with van der Waals surface area (Å²) in [6, 6.07) is 6.14. The number of hydrogen-bond acceptors (Lipinski definition) is 8. The third-order valence-corrected chi connectivity index (χ3v) is 6.74. The lowest BCUT2D eigenvalue weighted by Crippen LogP contribution is -2.14. The summed E-state index contributed by atoms with van der Waals surface area (Å²) < 4.78 is 52.0. The van der Waals surface area contributed by atoms with Gasteiger partial charge in [0.15, 0.2) is 21.3 Å². The summed E-state index contributed by atoms with van der Waals surface area (Å²) in [6.45, 7) is 6.93. The van der Waals surface area contributed by atoms with Gasteiger partial charge in [0.1, 0.15) is 17.5 Å². The number of aliphatic imine (C=N–C) groups is 2. The maximum atomic E-state index is 13.3. The molecule has 0 saturated heterocycles. The first-order chi connectivity index (χ1) is 17.0. The van der Waals surface area contributed by atoms with E-state index in [0.29, 0.717) is 11.3 Å². The van der Waals surface area contributed by atoms with Crippen molar-refractivity contribution in [3.05, 3.63) is 35.7 Å². The Balaban J connectivity index is 1.79. The predicted molar refractivity (Wildman–Crippen MR) is 134 cm³/mol. The van der Waals surface area contributed by atoms with Gasteiger partial charge in [-0.05, 0) is 51.1 Å². The number of imidazole rings is 1. The Kier molecular flexibility index (Phi) is 6.85. The monoisotopic (exact) mass is 517 g/mol. The number of carbonyl (C=O) groups is 1. The number of nitrogens with one attached hydrogen (secondary N) is 3. The van der Waals surface area contributed by atoms with Crippen molar-refractivity contribution in [1.82, 2.24) is 15.0 Å². The Morgan fingerprint density at radius 1 is 1.22 bits per heavy atom. The summed E-state index contributed by atoms with van der Waals surface area (Å²) in [7, 11) is -3.72. The lowest BCUT2D eigenvalue weighted by Gasteiger charge is -2.15. The van der Waals surface area contributed by atoms with Gasteiger partial charge in [0, 0.05) is 24.0 Å². The molecule has 1 atom stereocenters. The molecule has 1 aliphatic rings. The number of fused-ring (bicyclic) bond motifs is 1. The van der Waals surface area contributed by atoms with Gasteiger partial charge in [0.05, 0.1) is 16.3 Å². The van der Waals surface area contributed by atoms with E-state index >= 15 is 0 Å². The number of aromatic amines is 1. The minimum Gasteiger partial charge on any atom is -0.353 e. The number of H-pyrrole nitrogens is 1. The van der Waals surface area contributed by atoms with E-state index in [1.807, 2.05) is 0 Å². The number of alkyl halides is 2. The third-order valence-electron chi connectivity index (χ3n) is 5.60. The lowest BCUT2D eigenvalue weighted by molar-refractivity contribution is -0.117. The predicted octanol–water partition coefficient (Wildman–Crippen LogP) is 4.25. The van der Waals surface area contributed by atoms with Crippen LogP contribution in [0.5, 0.6) is 0 Å². The maximum absolute atomic E-state index is 13.3. The van der Waals surface area contributed by atoms with E-state index in [1.165, 1.54) is 12.1 Å². The normalized spacial score (nSPS) is 15.2. The molecular formula is C23H25F2N7O3S. The van der Waals surface area contributed by atoms with Gasteiger partial charge in [-0.25, -0.2) is 27.2 Å². The molecule has 10 nitrogen and oxygen atoms in total. The number of pyridine rings is 1. The van der Waals surface area contributed by atoms with Crippen LogP contribution in [-0.4, -0.2) is 54.1 Å². The molecule has 0 bridgehead atoms. The number of hydrogen-bond donors (Lipinski definition) is 3. The summed E-state index contributed by atoms with van der Waals surface area (Å²) in [4.78, 5) is 30.9. The molecule has 4 rings (SSSR count).